The number of anilines is 1. The molecule has 5 rings (SSSR count). The third-order valence-electron chi connectivity index (χ3n) is 6.43. The second-order valence-corrected chi connectivity index (χ2v) is 8.59. The van der Waals surface area contributed by atoms with Gasteiger partial charge in [0.15, 0.2) is 6.10 Å². The van der Waals surface area contributed by atoms with Crippen LogP contribution >= 0.6 is 0 Å². The Morgan fingerprint density at radius 3 is 2.70 bits per heavy atom. The molecule has 0 spiro atoms. The zero-order chi connectivity index (χ0) is 22.9. The smallest absolute Gasteiger partial charge is 0.264 e. The minimum absolute atomic E-state index is 0.0175. The minimum atomic E-state index is -0.612. The number of amides is 2. The summed E-state index contributed by atoms with van der Waals surface area (Å²) in [5, 5.41) is 2.76. The molecule has 1 N–H and O–H groups in total. The maximum Gasteiger partial charge on any atom is 0.264 e. The average Bonchev–Trinajstić information content (AvgIpc) is 2.95. The summed E-state index contributed by atoms with van der Waals surface area (Å²) in [6, 6.07) is 19.4. The van der Waals surface area contributed by atoms with Gasteiger partial charge in [-0.25, -0.2) is 4.39 Å². The third kappa shape index (κ3) is 4.09. The lowest BCUT2D eigenvalue weighted by molar-refractivity contribution is -0.140. The number of nitrogens with one attached hydrogen (secondary N) is 1. The van der Waals surface area contributed by atoms with E-state index in [9.17, 15) is 14.0 Å². The van der Waals surface area contributed by atoms with Crippen molar-refractivity contribution in [3.63, 3.8) is 0 Å². The van der Waals surface area contributed by atoms with Crippen molar-refractivity contribution in [3.8, 4) is 5.75 Å². The first-order chi connectivity index (χ1) is 16.0. The highest BCUT2D eigenvalue weighted by Crippen LogP contribution is 2.38. The van der Waals surface area contributed by atoms with Crippen LogP contribution in [-0.4, -0.2) is 22.8 Å². The van der Waals surface area contributed by atoms with Crippen LogP contribution < -0.4 is 10.1 Å². The Labute approximate surface area is 192 Å². The Kier molecular flexibility index (Phi) is 5.58. The van der Waals surface area contributed by atoms with Gasteiger partial charge in [-0.3, -0.25) is 9.59 Å². The zero-order valence-corrected chi connectivity index (χ0v) is 18.4. The van der Waals surface area contributed by atoms with Gasteiger partial charge < -0.3 is 15.0 Å². The van der Waals surface area contributed by atoms with Crippen LogP contribution in [0.4, 0.5) is 10.1 Å². The van der Waals surface area contributed by atoms with Crippen LogP contribution in [0.1, 0.15) is 52.9 Å². The zero-order valence-electron chi connectivity index (χ0n) is 18.4. The number of halogens is 1. The molecule has 0 radical (unpaired) electrons. The van der Waals surface area contributed by atoms with E-state index in [4.69, 9.17) is 4.74 Å². The molecule has 2 aliphatic rings. The Bertz CT molecular complexity index is 1230. The van der Waals surface area contributed by atoms with Crippen LogP contribution in [0.3, 0.4) is 0 Å². The SMILES string of the molecule is C[C@@H]1Oc2ccc(NC(=O)c3ccccc3F)cc2CN([C@@H]2CCCc3ccccc32)C1=O. The number of nitrogens with zero attached hydrogens (tertiary/aromatic N) is 1. The van der Waals surface area contributed by atoms with Gasteiger partial charge >= 0.3 is 0 Å². The van der Waals surface area contributed by atoms with Gasteiger partial charge in [-0.15, -0.1) is 0 Å². The molecule has 3 aromatic carbocycles. The van der Waals surface area contributed by atoms with Crippen molar-refractivity contribution in [1.29, 1.82) is 0 Å². The molecule has 1 heterocycles. The summed E-state index contributed by atoms with van der Waals surface area (Å²) in [6.45, 7) is 2.15. The lowest BCUT2D eigenvalue weighted by Crippen LogP contribution is -2.41. The van der Waals surface area contributed by atoms with Crippen LogP contribution in [0, 0.1) is 5.82 Å². The molecule has 5 nitrogen and oxygen atoms in total. The van der Waals surface area contributed by atoms with E-state index in [0.717, 1.165) is 24.8 Å². The average molecular weight is 445 g/mol. The van der Waals surface area contributed by atoms with E-state index in [1.807, 2.05) is 17.0 Å². The molecule has 0 bridgehead atoms. The van der Waals surface area contributed by atoms with E-state index in [1.165, 1.54) is 23.3 Å². The molecule has 3 aromatic rings. The second kappa shape index (κ2) is 8.70. The van der Waals surface area contributed by atoms with E-state index in [-0.39, 0.29) is 17.5 Å². The van der Waals surface area contributed by atoms with Crippen LogP contribution in [0.2, 0.25) is 0 Å². The van der Waals surface area contributed by atoms with Gasteiger partial charge in [-0.1, -0.05) is 36.4 Å². The van der Waals surface area contributed by atoms with E-state index in [2.05, 4.69) is 17.4 Å². The number of hydrogen-bond acceptors (Lipinski definition) is 3. The van der Waals surface area contributed by atoms with E-state index >= 15 is 0 Å². The number of benzene rings is 3. The van der Waals surface area contributed by atoms with Crippen molar-refractivity contribution in [2.75, 3.05) is 5.32 Å². The van der Waals surface area contributed by atoms with E-state index < -0.39 is 17.8 Å². The van der Waals surface area contributed by atoms with Crippen LogP contribution in [-0.2, 0) is 17.8 Å². The maximum atomic E-state index is 14.0. The summed E-state index contributed by atoms with van der Waals surface area (Å²) in [5.41, 5.74) is 3.79. The molecule has 0 saturated carbocycles. The quantitative estimate of drug-likeness (QED) is 0.599. The number of carbonyl (C=O) groups excluding carboxylic acids is 2. The number of aryl methyl sites for hydroxylation is 1. The molecule has 33 heavy (non-hydrogen) atoms. The molecule has 1 aliphatic heterocycles. The molecular formula is C27H25FN2O3. The van der Waals surface area contributed by atoms with Crippen molar-refractivity contribution in [3.05, 3.63) is 94.8 Å². The molecule has 1 aliphatic carbocycles. The van der Waals surface area contributed by atoms with Crippen molar-refractivity contribution >= 4 is 17.5 Å². The van der Waals surface area contributed by atoms with Crippen LogP contribution in [0.15, 0.2) is 66.7 Å². The normalized spacial score (nSPS) is 19.7. The number of carbonyl (C=O) groups is 2. The van der Waals surface area contributed by atoms with Gasteiger partial charge in [-0.05, 0) is 67.6 Å². The molecule has 2 amide bonds. The second-order valence-electron chi connectivity index (χ2n) is 8.59. The van der Waals surface area contributed by atoms with Gasteiger partial charge in [0.1, 0.15) is 11.6 Å². The summed E-state index contributed by atoms with van der Waals surface area (Å²) in [4.78, 5) is 27.8. The summed E-state index contributed by atoms with van der Waals surface area (Å²) in [7, 11) is 0. The highest BCUT2D eigenvalue weighted by Gasteiger charge is 2.35. The lowest BCUT2D eigenvalue weighted by Gasteiger charge is -2.35. The third-order valence-corrected chi connectivity index (χ3v) is 6.43. The maximum absolute atomic E-state index is 14.0. The first-order valence-electron chi connectivity index (χ1n) is 11.2. The van der Waals surface area contributed by atoms with Gasteiger partial charge in [0.05, 0.1) is 18.2 Å². The highest BCUT2D eigenvalue weighted by molar-refractivity contribution is 6.04. The fraction of sp³-hybridized carbons (Fsp3) is 0.259. The molecule has 6 heteroatoms. The fourth-order valence-electron chi connectivity index (χ4n) is 4.79. The summed E-state index contributed by atoms with van der Waals surface area (Å²) < 4.78 is 20.0. The molecule has 2 atom stereocenters. The Morgan fingerprint density at radius 2 is 1.85 bits per heavy atom. The van der Waals surface area contributed by atoms with Crippen molar-refractivity contribution < 1.29 is 18.7 Å². The van der Waals surface area contributed by atoms with E-state index in [1.54, 1.807) is 37.3 Å². The minimum Gasteiger partial charge on any atom is -0.481 e. The molecule has 0 fully saturated rings. The first kappa shape index (κ1) is 21.2. The van der Waals surface area contributed by atoms with Crippen molar-refractivity contribution in [2.45, 2.75) is 44.9 Å². The van der Waals surface area contributed by atoms with Gasteiger partial charge in [0.2, 0.25) is 0 Å². The Hall–Kier alpha value is -3.67. The topological polar surface area (TPSA) is 58.6 Å². The van der Waals surface area contributed by atoms with Crippen molar-refractivity contribution in [2.24, 2.45) is 0 Å². The van der Waals surface area contributed by atoms with Gasteiger partial charge in [-0.2, -0.15) is 0 Å². The molecule has 0 aromatic heterocycles. The van der Waals surface area contributed by atoms with Crippen LogP contribution in [0.5, 0.6) is 5.75 Å². The molecule has 0 unspecified atom stereocenters. The number of fused-ring (bicyclic) bond motifs is 2. The Morgan fingerprint density at radius 1 is 1.06 bits per heavy atom. The first-order valence-corrected chi connectivity index (χ1v) is 11.2. The lowest BCUT2D eigenvalue weighted by atomic mass is 9.86. The fourth-order valence-corrected chi connectivity index (χ4v) is 4.79. The predicted octanol–water partition coefficient (Wildman–Crippen LogP) is 5.27. The Balaban J connectivity index is 1.45. The summed E-state index contributed by atoms with van der Waals surface area (Å²) in [5.74, 6) is -0.532. The molecule has 0 saturated heterocycles. The highest BCUT2D eigenvalue weighted by atomic mass is 19.1. The number of hydrogen-bond donors (Lipinski definition) is 1. The summed E-state index contributed by atoms with van der Waals surface area (Å²) in [6.07, 6.45) is 2.32. The standard InChI is InChI=1S/C27H25FN2O3/c1-17-27(32)30(24-12-6-8-18-7-2-3-9-21(18)24)16-19-15-20(13-14-25(19)33-17)29-26(31)22-10-4-5-11-23(22)28/h2-5,7,9-11,13-15,17,24H,6,8,12,16H2,1H3,(H,29,31)/t17-,24+/m0/s1. The summed E-state index contributed by atoms with van der Waals surface area (Å²) >= 11 is 0. The number of ether oxygens (including phenoxy) is 1. The monoisotopic (exact) mass is 444 g/mol. The largest absolute Gasteiger partial charge is 0.481 e. The van der Waals surface area contributed by atoms with Gasteiger partial charge in [0, 0.05) is 11.3 Å². The molecule has 168 valence electrons. The van der Waals surface area contributed by atoms with Crippen LogP contribution in [0.25, 0.3) is 0 Å². The van der Waals surface area contributed by atoms with E-state index in [0.29, 0.717) is 18.0 Å². The predicted molar refractivity (Wildman–Crippen MR) is 124 cm³/mol. The number of rotatable bonds is 3. The van der Waals surface area contributed by atoms with Gasteiger partial charge in [0.25, 0.3) is 11.8 Å². The molecular weight excluding hydrogens is 419 g/mol. The van der Waals surface area contributed by atoms with Crippen molar-refractivity contribution in [1.82, 2.24) is 4.90 Å².